The topological polar surface area (TPSA) is 134 Å². The Morgan fingerprint density at radius 1 is 0.436 bits per heavy atom. The van der Waals surface area contributed by atoms with E-state index in [0.29, 0.717) is 65.2 Å². The molecule has 2 saturated heterocycles. The first-order chi connectivity index (χ1) is 25.6. The number of rotatable bonds is 28. The van der Waals surface area contributed by atoms with Gasteiger partial charge in [-0.15, -0.1) is 0 Å². The average Bonchev–Trinajstić information content (AvgIpc) is 3.08. The number of sulfonamides is 2. The van der Waals surface area contributed by atoms with E-state index < -0.39 is 45.2 Å². The van der Waals surface area contributed by atoms with Crippen molar-refractivity contribution < 1.29 is 34.7 Å². The summed E-state index contributed by atoms with van der Waals surface area (Å²) in [7, 11) is -12.1. The standard InChI is InChI=1S/C38H80N4O8S2Si3/c1-51(45,46)41-31-27-39(28-32-41)37(43)25-21-17-13-9-11-15-19-23-35-53(3,4)49-55(7,8)50-54(5,6)36-24-20-16-12-10-14-18-22-26-38(44)40-29-33-42(34-30-40)52(2,47)48/h9-36H2,1-8H3. The van der Waals surface area contributed by atoms with Crippen LogP contribution in [0.15, 0.2) is 0 Å². The highest BCUT2D eigenvalue weighted by Gasteiger charge is 2.39. The number of hydrogen-bond donors (Lipinski definition) is 0. The predicted octanol–water partition coefficient (Wildman–Crippen LogP) is 7.36. The summed E-state index contributed by atoms with van der Waals surface area (Å²) in [5.74, 6) is 0.318. The molecule has 12 nitrogen and oxygen atoms in total. The molecule has 0 atom stereocenters. The molecule has 0 aromatic rings. The zero-order valence-corrected chi connectivity index (χ0v) is 40.8. The van der Waals surface area contributed by atoms with Crippen molar-refractivity contribution in [2.45, 2.75) is 167 Å². The van der Waals surface area contributed by atoms with Gasteiger partial charge in [-0.05, 0) is 64.2 Å². The monoisotopic (exact) mass is 868 g/mol. The molecular formula is C38H80N4O8S2Si3. The highest BCUT2D eigenvalue weighted by atomic mass is 32.2. The lowest BCUT2D eigenvalue weighted by Gasteiger charge is -2.39. The van der Waals surface area contributed by atoms with Crippen LogP contribution >= 0.6 is 0 Å². The van der Waals surface area contributed by atoms with Crippen LogP contribution in [0.1, 0.15) is 116 Å². The van der Waals surface area contributed by atoms with E-state index in [1.807, 2.05) is 9.80 Å². The predicted molar refractivity (Wildman–Crippen MR) is 233 cm³/mol. The first-order valence-electron chi connectivity index (χ1n) is 21.5. The second kappa shape index (κ2) is 24.4. The van der Waals surface area contributed by atoms with E-state index in [0.717, 1.165) is 25.7 Å². The number of carbonyl (C=O) groups excluding carboxylic acids is 2. The van der Waals surface area contributed by atoms with Crippen molar-refractivity contribution in [3.05, 3.63) is 0 Å². The molecule has 0 N–H and O–H groups in total. The maximum absolute atomic E-state index is 12.5. The smallest absolute Gasteiger partial charge is 0.311 e. The van der Waals surface area contributed by atoms with Gasteiger partial charge in [0.05, 0.1) is 12.5 Å². The Balaban J connectivity index is 1.44. The Labute approximate surface area is 340 Å². The molecule has 0 bridgehead atoms. The molecule has 0 aromatic heterocycles. The molecule has 2 aliphatic rings. The van der Waals surface area contributed by atoms with E-state index in [4.69, 9.17) is 8.23 Å². The number of amides is 2. The Kier molecular flexibility index (Phi) is 22.4. The third-order valence-electron chi connectivity index (χ3n) is 11.0. The van der Waals surface area contributed by atoms with Crippen molar-refractivity contribution >= 4 is 57.1 Å². The summed E-state index contributed by atoms with van der Waals surface area (Å²) in [5, 5.41) is 0. The van der Waals surface area contributed by atoms with Crippen LogP contribution in [0.3, 0.4) is 0 Å². The Bertz CT molecular complexity index is 1250. The van der Waals surface area contributed by atoms with Crippen molar-refractivity contribution in [3.63, 3.8) is 0 Å². The van der Waals surface area contributed by atoms with Gasteiger partial charge in [-0.25, -0.2) is 16.8 Å². The summed E-state index contributed by atoms with van der Waals surface area (Å²) in [6.07, 6.45) is 22.2. The van der Waals surface area contributed by atoms with Crippen molar-refractivity contribution in [1.29, 1.82) is 0 Å². The summed E-state index contributed by atoms with van der Waals surface area (Å²) in [6, 6.07) is 2.35. The molecular weight excluding hydrogens is 789 g/mol. The first kappa shape index (κ1) is 50.5. The fraction of sp³-hybridized carbons (Fsp3) is 0.947. The van der Waals surface area contributed by atoms with E-state index >= 15 is 0 Å². The van der Waals surface area contributed by atoms with Gasteiger partial charge in [0.1, 0.15) is 0 Å². The number of unbranched alkanes of at least 4 members (excludes halogenated alkanes) is 14. The normalized spacial score (nSPS) is 17.2. The fourth-order valence-electron chi connectivity index (χ4n) is 8.08. The largest absolute Gasteiger partial charge is 0.437 e. The molecule has 17 heteroatoms. The SMILES string of the molecule is C[Si](C)(CCCCCCCCCCC(=O)N1CCN(S(C)(=O)=O)CC1)O[Si](C)(C)O[Si](C)(C)CCCCCCCCCCC(=O)N1CCN(S(C)(=O)=O)CC1. The lowest BCUT2D eigenvalue weighted by molar-refractivity contribution is -0.133. The second-order valence-electron chi connectivity index (χ2n) is 17.9. The molecule has 2 heterocycles. The van der Waals surface area contributed by atoms with Crippen molar-refractivity contribution in [2.24, 2.45) is 0 Å². The van der Waals surface area contributed by atoms with Crippen molar-refractivity contribution in [3.8, 4) is 0 Å². The van der Waals surface area contributed by atoms with Crippen molar-refractivity contribution in [2.75, 3.05) is 64.9 Å². The maximum atomic E-state index is 12.5. The second-order valence-corrected chi connectivity index (χ2v) is 34.3. The molecule has 2 aliphatic heterocycles. The molecule has 2 amide bonds. The molecule has 0 aromatic carbocycles. The van der Waals surface area contributed by atoms with Gasteiger partial charge in [0, 0.05) is 65.2 Å². The third-order valence-corrected chi connectivity index (χ3v) is 25.1. The van der Waals surface area contributed by atoms with E-state index in [-0.39, 0.29) is 11.8 Å². The molecule has 0 radical (unpaired) electrons. The zero-order chi connectivity index (χ0) is 41.2. The quantitative estimate of drug-likeness (QED) is 0.0589. The van der Waals surface area contributed by atoms with Crippen molar-refractivity contribution in [1.82, 2.24) is 18.4 Å². The van der Waals surface area contributed by atoms with Gasteiger partial charge in [0.25, 0.3) is 0 Å². The fourth-order valence-corrected chi connectivity index (χ4v) is 23.9. The van der Waals surface area contributed by atoms with Gasteiger partial charge in [-0.2, -0.15) is 8.61 Å². The van der Waals surface area contributed by atoms with E-state index in [1.54, 1.807) is 0 Å². The van der Waals surface area contributed by atoms with E-state index in [2.05, 4.69) is 39.3 Å². The number of carbonyl (C=O) groups is 2. The summed E-state index contributed by atoms with van der Waals surface area (Å²) < 4.78 is 63.3. The van der Waals surface area contributed by atoms with Crippen LogP contribution < -0.4 is 0 Å². The van der Waals surface area contributed by atoms with E-state index in [1.165, 1.54) is 110 Å². The molecule has 55 heavy (non-hydrogen) atoms. The molecule has 0 spiro atoms. The van der Waals surface area contributed by atoms with Gasteiger partial charge in [0.2, 0.25) is 31.9 Å². The average molecular weight is 869 g/mol. The Morgan fingerprint density at radius 2 is 0.691 bits per heavy atom. The van der Waals surface area contributed by atoms with Gasteiger partial charge in [-0.3, -0.25) is 9.59 Å². The van der Waals surface area contributed by atoms with Crippen LogP contribution in [0.4, 0.5) is 0 Å². The van der Waals surface area contributed by atoms with E-state index in [9.17, 15) is 26.4 Å². The highest BCUT2D eigenvalue weighted by Crippen LogP contribution is 2.28. The molecule has 0 saturated carbocycles. The highest BCUT2D eigenvalue weighted by molar-refractivity contribution is 7.88. The molecule has 0 unspecified atom stereocenters. The Hall–Kier alpha value is -0.669. The summed E-state index contributed by atoms with van der Waals surface area (Å²) in [6.45, 7) is 17.5. The first-order valence-corrected chi connectivity index (χ1v) is 34.2. The third kappa shape index (κ3) is 22.3. The summed E-state index contributed by atoms with van der Waals surface area (Å²) in [5.41, 5.74) is 0. The Morgan fingerprint density at radius 3 is 0.964 bits per heavy atom. The molecule has 2 rings (SSSR count). The maximum Gasteiger partial charge on any atom is 0.311 e. The minimum absolute atomic E-state index is 0.159. The van der Waals surface area contributed by atoms with Gasteiger partial charge < -0.3 is 18.0 Å². The van der Waals surface area contributed by atoms with Crippen LogP contribution in [0, 0.1) is 0 Å². The van der Waals surface area contributed by atoms with Crippen LogP contribution in [-0.2, 0) is 37.9 Å². The summed E-state index contributed by atoms with van der Waals surface area (Å²) in [4.78, 5) is 28.6. The van der Waals surface area contributed by atoms with Crippen LogP contribution in [-0.4, -0.2) is 137 Å². The van der Waals surface area contributed by atoms with Crippen LogP contribution in [0.5, 0.6) is 0 Å². The molecule has 2 fully saturated rings. The summed E-state index contributed by atoms with van der Waals surface area (Å²) >= 11 is 0. The molecule has 324 valence electrons. The lowest BCUT2D eigenvalue weighted by Crippen LogP contribution is -2.52. The minimum Gasteiger partial charge on any atom is -0.437 e. The zero-order valence-electron chi connectivity index (χ0n) is 36.2. The number of piperazine rings is 2. The minimum atomic E-state index is -3.17. The van der Waals surface area contributed by atoms with Crippen LogP contribution in [0.25, 0.3) is 0 Å². The number of nitrogens with zero attached hydrogens (tertiary/aromatic N) is 4. The number of hydrogen-bond acceptors (Lipinski definition) is 8. The van der Waals surface area contributed by atoms with Gasteiger partial charge in [0.15, 0.2) is 16.6 Å². The van der Waals surface area contributed by atoms with Gasteiger partial charge in [-0.1, -0.05) is 89.9 Å². The lowest BCUT2D eigenvalue weighted by atomic mass is 10.1. The molecule has 0 aliphatic carbocycles. The van der Waals surface area contributed by atoms with Gasteiger partial charge >= 0.3 is 8.56 Å². The van der Waals surface area contributed by atoms with Crippen LogP contribution in [0.2, 0.25) is 51.4 Å².